The summed E-state index contributed by atoms with van der Waals surface area (Å²) in [5, 5.41) is 5.14. The second kappa shape index (κ2) is 6.19. The zero-order valence-electron chi connectivity index (χ0n) is 12.6. The molecule has 5 nitrogen and oxygen atoms in total. The number of aromatic nitrogens is 2. The van der Waals surface area contributed by atoms with Gasteiger partial charge in [0.25, 0.3) is 11.5 Å². The molecule has 2 aromatic rings. The van der Waals surface area contributed by atoms with Crippen molar-refractivity contribution >= 4 is 34.0 Å². The number of amides is 1. The SMILES string of the molecule is CCSc1nc2sccn2c(=O)c1C(=O)NCC(C)(C)C. The van der Waals surface area contributed by atoms with Crippen LogP contribution in [0.4, 0.5) is 0 Å². The lowest BCUT2D eigenvalue weighted by molar-refractivity contribution is 0.0934. The normalized spacial score (nSPS) is 11.8. The van der Waals surface area contributed by atoms with Crippen LogP contribution in [0.5, 0.6) is 0 Å². The lowest BCUT2D eigenvalue weighted by Crippen LogP contribution is -2.36. The Kier molecular flexibility index (Phi) is 4.73. The van der Waals surface area contributed by atoms with Crippen LogP contribution in [0.1, 0.15) is 38.1 Å². The third-order valence-corrected chi connectivity index (χ3v) is 4.33. The highest BCUT2D eigenvalue weighted by Gasteiger charge is 2.22. The van der Waals surface area contributed by atoms with Gasteiger partial charge in [-0.3, -0.25) is 14.0 Å². The predicted molar refractivity (Wildman–Crippen MR) is 87.5 cm³/mol. The molecule has 21 heavy (non-hydrogen) atoms. The first-order valence-corrected chi connectivity index (χ1v) is 8.61. The molecule has 0 aliphatic rings. The zero-order valence-corrected chi connectivity index (χ0v) is 14.2. The molecule has 0 atom stereocenters. The van der Waals surface area contributed by atoms with Crippen molar-refractivity contribution in [2.24, 2.45) is 5.41 Å². The van der Waals surface area contributed by atoms with E-state index in [1.807, 2.05) is 27.7 Å². The van der Waals surface area contributed by atoms with Crippen LogP contribution in [-0.4, -0.2) is 27.6 Å². The maximum atomic E-state index is 12.5. The number of fused-ring (bicyclic) bond motifs is 1. The van der Waals surface area contributed by atoms with E-state index >= 15 is 0 Å². The summed E-state index contributed by atoms with van der Waals surface area (Å²) in [4.78, 5) is 30.0. The predicted octanol–water partition coefficient (Wildman–Crippen LogP) is 2.64. The van der Waals surface area contributed by atoms with Gasteiger partial charge in [0.1, 0.15) is 10.6 Å². The van der Waals surface area contributed by atoms with Crippen LogP contribution in [0.15, 0.2) is 21.4 Å². The monoisotopic (exact) mass is 325 g/mol. The van der Waals surface area contributed by atoms with Crippen molar-refractivity contribution in [3.05, 3.63) is 27.5 Å². The number of thioether (sulfide) groups is 1. The molecule has 0 radical (unpaired) electrons. The minimum atomic E-state index is -0.348. The second-order valence-corrected chi connectivity index (χ2v) is 7.95. The lowest BCUT2D eigenvalue weighted by Gasteiger charge is -2.19. The fourth-order valence-electron chi connectivity index (χ4n) is 1.73. The summed E-state index contributed by atoms with van der Waals surface area (Å²) in [6, 6.07) is 0. The van der Waals surface area contributed by atoms with Crippen molar-refractivity contribution in [1.29, 1.82) is 0 Å². The number of carbonyl (C=O) groups excluding carboxylic acids is 1. The quantitative estimate of drug-likeness (QED) is 0.693. The second-order valence-electron chi connectivity index (χ2n) is 5.83. The molecule has 0 aliphatic carbocycles. The summed E-state index contributed by atoms with van der Waals surface area (Å²) in [7, 11) is 0. The van der Waals surface area contributed by atoms with Gasteiger partial charge in [0, 0.05) is 18.1 Å². The van der Waals surface area contributed by atoms with Gasteiger partial charge >= 0.3 is 0 Å². The average Bonchev–Trinajstić information content (AvgIpc) is 2.84. The Labute approximate surface area is 131 Å². The van der Waals surface area contributed by atoms with Crippen molar-refractivity contribution in [2.45, 2.75) is 32.7 Å². The summed E-state index contributed by atoms with van der Waals surface area (Å²) in [6.07, 6.45) is 1.65. The third-order valence-electron chi connectivity index (χ3n) is 2.72. The standard InChI is InChI=1S/C14H19N3O2S2/c1-5-20-11-9(10(18)15-8-14(2,3)4)12(19)17-6-7-21-13(17)16-11/h6-7H,5,8H2,1-4H3,(H,15,18). The van der Waals surface area contributed by atoms with E-state index in [1.165, 1.54) is 27.5 Å². The van der Waals surface area contributed by atoms with Gasteiger partial charge in [0.15, 0.2) is 4.96 Å². The highest BCUT2D eigenvalue weighted by molar-refractivity contribution is 7.99. The molecule has 0 fully saturated rings. The van der Waals surface area contributed by atoms with Crippen LogP contribution in [-0.2, 0) is 0 Å². The number of nitrogens with zero attached hydrogens (tertiary/aromatic N) is 2. The maximum absolute atomic E-state index is 12.5. The smallest absolute Gasteiger partial charge is 0.272 e. The first kappa shape index (κ1) is 16.0. The van der Waals surface area contributed by atoms with Crippen molar-refractivity contribution in [3.63, 3.8) is 0 Å². The Morgan fingerprint density at radius 2 is 2.19 bits per heavy atom. The summed E-state index contributed by atoms with van der Waals surface area (Å²) >= 11 is 2.80. The molecule has 0 aliphatic heterocycles. The van der Waals surface area contributed by atoms with Crippen LogP contribution in [0.25, 0.3) is 4.96 Å². The molecule has 1 amide bonds. The van der Waals surface area contributed by atoms with E-state index in [4.69, 9.17) is 0 Å². The first-order valence-electron chi connectivity index (χ1n) is 6.74. The summed E-state index contributed by atoms with van der Waals surface area (Å²) < 4.78 is 1.43. The summed E-state index contributed by atoms with van der Waals surface area (Å²) in [5.41, 5.74) is -0.199. The van der Waals surface area contributed by atoms with Gasteiger partial charge in [-0.2, -0.15) is 0 Å². The molecule has 0 saturated heterocycles. The molecular formula is C14H19N3O2S2. The highest BCUT2D eigenvalue weighted by atomic mass is 32.2. The Hall–Kier alpha value is -1.34. The molecule has 0 aromatic carbocycles. The summed E-state index contributed by atoms with van der Waals surface area (Å²) in [5.74, 6) is 0.409. The molecule has 0 saturated carbocycles. The van der Waals surface area contributed by atoms with Gasteiger partial charge in [0.2, 0.25) is 0 Å². The van der Waals surface area contributed by atoms with Gasteiger partial charge in [0.05, 0.1) is 0 Å². The zero-order chi connectivity index (χ0) is 15.6. The summed E-state index contributed by atoms with van der Waals surface area (Å²) in [6.45, 7) is 8.57. The molecule has 114 valence electrons. The van der Waals surface area contributed by atoms with Crippen molar-refractivity contribution in [3.8, 4) is 0 Å². The van der Waals surface area contributed by atoms with E-state index in [2.05, 4.69) is 10.3 Å². The fourth-order valence-corrected chi connectivity index (χ4v) is 3.24. The molecule has 0 unspecified atom stereocenters. The van der Waals surface area contributed by atoms with Crippen LogP contribution >= 0.6 is 23.1 Å². The number of nitrogens with one attached hydrogen (secondary N) is 1. The topological polar surface area (TPSA) is 63.5 Å². The van der Waals surface area contributed by atoms with Crippen LogP contribution in [0.2, 0.25) is 0 Å². The van der Waals surface area contributed by atoms with Crippen molar-refractivity contribution in [1.82, 2.24) is 14.7 Å². The molecule has 0 bridgehead atoms. The lowest BCUT2D eigenvalue weighted by atomic mass is 9.97. The first-order chi connectivity index (χ1) is 9.83. The molecule has 1 N–H and O–H groups in total. The Bertz CT molecular complexity index is 713. The molecule has 0 spiro atoms. The van der Waals surface area contributed by atoms with Gasteiger partial charge in [-0.15, -0.1) is 23.1 Å². The maximum Gasteiger partial charge on any atom is 0.272 e. The van der Waals surface area contributed by atoms with E-state index < -0.39 is 0 Å². The minimum Gasteiger partial charge on any atom is -0.351 e. The average molecular weight is 325 g/mol. The minimum absolute atomic E-state index is 0.0379. The highest BCUT2D eigenvalue weighted by Crippen LogP contribution is 2.20. The molecule has 2 aromatic heterocycles. The number of hydrogen-bond donors (Lipinski definition) is 1. The third kappa shape index (κ3) is 3.65. The Balaban J connectivity index is 2.45. The molecule has 2 heterocycles. The van der Waals surface area contributed by atoms with Gasteiger partial charge in [-0.25, -0.2) is 4.98 Å². The van der Waals surface area contributed by atoms with E-state index in [0.29, 0.717) is 16.5 Å². The van der Waals surface area contributed by atoms with Crippen LogP contribution < -0.4 is 10.9 Å². The molecule has 2 rings (SSSR count). The fraction of sp³-hybridized carbons (Fsp3) is 0.500. The number of carbonyl (C=O) groups is 1. The largest absolute Gasteiger partial charge is 0.351 e. The van der Waals surface area contributed by atoms with Crippen molar-refractivity contribution in [2.75, 3.05) is 12.3 Å². The Morgan fingerprint density at radius 3 is 2.81 bits per heavy atom. The van der Waals surface area contributed by atoms with Crippen LogP contribution in [0.3, 0.4) is 0 Å². The van der Waals surface area contributed by atoms with E-state index in [-0.39, 0.29) is 22.4 Å². The van der Waals surface area contributed by atoms with E-state index in [1.54, 1.807) is 11.6 Å². The van der Waals surface area contributed by atoms with Crippen LogP contribution in [0, 0.1) is 5.41 Å². The van der Waals surface area contributed by atoms with Gasteiger partial charge < -0.3 is 5.32 Å². The van der Waals surface area contributed by atoms with E-state index in [9.17, 15) is 9.59 Å². The number of thiazole rings is 1. The number of rotatable bonds is 4. The Morgan fingerprint density at radius 1 is 1.48 bits per heavy atom. The van der Waals surface area contributed by atoms with Crippen molar-refractivity contribution < 1.29 is 4.79 Å². The molecular weight excluding hydrogens is 306 g/mol. The van der Waals surface area contributed by atoms with Gasteiger partial charge in [-0.1, -0.05) is 27.7 Å². The number of hydrogen-bond acceptors (Lipinski definition) is 5. The van der Waals surface area contributed by atoms with Gasteiger partial charge in [-0.05, 0) is 11.2 Å². The van der Waals surface area contributed by atoms with E-state index in [0.717, 1.165) is 5.75 Å². The molecule has 7 heteroatoms.